The van der Waals surface area contributed by atoms with Gasteiger partial charge in [0.2, 0.25) is 5.95 Å². The molecule has 26 heavy (non-hydrogen) atoms. The third-order valence-corrected chi connectivity index (χ3v) is 4.92. The van der Waals surface area contributed by atoms with Crippen molar-refractivity contribution in [3.05, 3.63) is 53.0 Å². The van der Waals surface area contributed by atoms with E-state index in [0.717, 1.165) is 23.3 Å². The summed E-state index contributed by atoms with van der Waals surface area (Å²) in [6.07, 6.45) is 2.75. The second-order valence-electron chi connectivity index (χ2n) is 7.50. The van der Waals surface area contributed by atoms with Gasteiger partial charge in [0, 0.05) is 17.7 Å². The number of esters is 1. The van der Waals surface area contributed by atoms with Crippen molar-refractivity contribution in [3.8, 4) is 0 Å². The second-order valence-corrected chi connectivity index (χ2v) is 7.50. The van der Waals surface area contributed by atoms with Crippen LogP contribution in [-0.2, 0) is 9.53 Å². The van der Waals surface area contributed by atoms with Crippen molar-refractivity contribution >= 4 is 17.7 Å². The molecule has 1 atom stereocenters. The molecule has 0 saturated carbocycles. The molecule has 0 bridgehead atoms. The first-order valence-electron chi connectivity index (χ1n) is 8.51. The lowest BCUT2D eigenvalue weighted by atomic mass is 9.73. The topological polar surface area (TPSA) is 86.1 Å². The molecule has 1 aliphatic carbocycles. The summed E-state index contributed by atoms with van der Waals surface area (Å²) in [6.45, 7) is 4.19. The monoisotopic (exact) mass is 352 g/mol. The first kappa shape index (κ1) is 16.5. The standard InChI is InChI=1S/C19H20N4O3/c1-19(2)8-13-15(14(24)9-19)16(23-18(22-13)20-10-21-23)11-4-6-12(7-5-11)17(25)26-3/h4-7,10,16H,8-9H2,1-3H3,(H,20,21,22). The third-order valence-electron chi connectivity index (χ3n) is 4.92. The first-order chi connectivity index (χ1) is 12.4. The minimum absolute atomic E-state index is 0.0929. The maximum atomic E-state index is 12.9. The van der Waals surface area contributed by atoms with Gasteiger partial charge in [-0.25, -0.2) is 9.48 Å². The van der Waals surface area contributed by atoms with Crippen LogP contribution in [0.25, 0.3) is 0 Å². The number of carbonyl (C=O) groups excluding carboxylic acids is 2. The Morgan fingerprint density at radius 3 is 2.69 bits per heavy atom. The molecule has 1 N–H and O–H groups in total. The number of allylic oxidation sites excluding steroid dienone is 2. The van der Waals surface area contributed by atoms with Gasteiger partial charge >= 0.3 is 5.97 Å². The highest BCUT2D eigenvalue weighted by molar-refractivity contribution is 6.00. The smallest absolute Gasteiger partial charge is 0.337 e. The van der Waals surface area contributed by atoms with E-state index in [-0.39, 0.29) is 17.2 Å². The summed E-state index contributed by atoms with van der Waals surface area (Å²) < 4.78 is 6.48. The highest BCUT2D eigenvalue weighted by Crippen LogP contribution is 2.45. The fraction of sp³-hybridized carbons (Fsp3) is 0.368. The highest BCUT2D eigenvalue weighted by atomic mass is 16.5. The Morgan fingerprint density at radius 2 is 2.00 bits per heavy atom. The Hall–Kier alpha value is -2.96. The fourth-order valence-electron chi connectivity index (χ4n) is 3.78. The van der Waals surface area contributed by atoms with Crippen molar-refractivity contribution in [2.24, 2.45) is 5.41 Å². The van der Waals surface area contributed by atoms with Crippen LogP contribution in [0.2, 0.25) is 0 Å². The van der Waals surface area contributed by atoms with Gasteiger partial charge in [-0.05, 0) is 29.5 Å². The first-order valence-corrected chi connectivity index (χ1v) is 8.51. The average Bonchev–Trinajstić information content (AvgIpc) is 3.06. The Bertz CT molecular complexity index is 925. The van der Waals surface area contributed by atoms with Crippen LogP contribution in [0.5, 0.6) is 0 Å². The van der Waals surface area contributed by atoms with Crippen LogP contribution in [0.3, 0.4) is 0 Å². The van der Waals surface area contributed by atoms with Gasteiger partial charge in [-0.2, -0.15) is 10.1 Å². The summed E-state index contributed by atoms with van der Waals surface area (Å²) in [6, 6.07) is 6.74. The van der Waals surface area contributed by atoms with E-state index in [1.54, 1.807) is 16.8 Å². The van der Waals surface area contributed by atoms with Crippen molar-refractivity contribution in [1.82, 2.24) is 14.8 Å². The van der Waals surface area contributed by atoms with Crippen molar-refractivity contribution in [1.29, 1.82) is 0 Å². The van der Waals surface area contributed by atoms with Crippen LogP contribution in [0.15, 0.2) is 41.9 Å². The largest absolute Gasteiger partial charge is 0.465 e. The van der Waals surface area contributed by atoms with E-state index in [1.807, 2.05) is 12.1 Å². The lowest BCUT2D eigenvalue weighted by Crippen LogP contribution is -2.36. The number of hydrogen-bond acceptors (Lipinski definition) is 6. The van der Waals surface area contributed by atoms with Crippen LogP contribution in [0, 0.1) is 5.41 Å². The average molecular weight is 352 g/mol. The van der Waals surface area contributed by atoms with E-state index < -0.39 is 5.97 Å². The maximum Gasteiger partial charge on any atom is 0.337 e. The zero-order valence-electron chi connectivity index (χ0n) is 14.9. The van der Waals surface area contributed by atoms with E-state index in [1.165, 1.54) is 13.4 Å². The van der Waals surface area contributed by atoms with Crippen molar-refractivity contribution in [2.45, 2.75) is 32.7 Å². The zero-order chi connectivity index (χ0) is 18.5. The predicted molar refractivity (Wildman–Crippen MR) is 94.6 cm³/mol. The maximum absolute atomic E-state index is 12.9. The quantitative estimate of drug-likeness (QED) is 0.837. The summed E-state index contributed by atoms with van der Waals surface area (Å²) in [5.41, 5.74) is 2.90. The highest BCUT2D eigenvalue weighted by Gasteiger charge is 2.41. The minimum Gasteiger partial charge on any atom is -0.465 e. The van der Waals surface area contributed by atoms with Crippen LogP contribution >= 0.6 is 0 Å². The zero-order valence-corrected chi connectivity index (χ0v) is 14.9. The molecule has 0 saturated heterocycles. The van der Waals surface area contributed by atoms with E-state index >= 15 is 0 Å². The Labute approximate surface area is 151 Å². The number of anilines is 1. The summed E-state index contributed by atoms with van der Waals surface area (Å²) >= 11 is 0. The van der Waals surface area contributed by atoms with Gasteiger partial charge < -0.3 is 10.1 Å². The van der Waals surface area contributed by atoms with E-state index in [9.17, 15) is 9.59 Å². The molecule has 7 heteroatoms. The molecule has 0 amide bonds. The molecular formula is C19H20N4O3. The SMILES string of the molecule is COC(=O)c1ccc(C2C3=C(CC(C)(C)CC3=O)Nc3ncnn32)cc1. The molecule has 1 aliphatic heterocycles. The van der Waals surface area contributed by atoms with Crippen molar-refractivity contribution in [3.63, 3.8) is 0 Å². The normalized spacial score (nSPS) is 20.9. The van der Waals surface area contributed by atoms with Crippen LogP contribution in [0.1, 0.15) is 48.7 Å². The number of ketones is 1. The van der Waals surface area contributed by atoms with Crippen LogP contribution in [-0.4, -0.2) is 33.6 Å². The second kappa shape index (κ2) is 5.79. The molecule has 0 radical (unpaired) electrons. The van der Waals surface area contributed by atoms with E-state index in [2.05, 4.69) is 29.2 Å². The fourth-order valence-corrected chi connectivity index (χ4v) is 3.78. The number of methoxy groups -OCH3 is 1. The number of Topliss-reactive ketones (excluding diaryl/α,β-unsaturated/α-hetero) is 1. The predicted octanol–water partition coefficient (Wildman–Crippen LogP) is 2.72. The lowest BCUT2D eigenvalue weighted by molar-refractivity contribution is -0.118. The number of carbonyl (C=O) groups is 2. The molecule has 4 rings (SSSR count). The van der Waals surface area contributed by atoms with Gasteiger partial charge in [-0.3, -0.25) is 4.79 Å². The van der Waals surface area contributed by atoms with E-state index in [0.29, 0.717) is 17.9 Å². The summed E-state index contributed by atoms with van der Waals surface area (Å²) in [5, 5.41) is 7.59. The van der Waals surface area contributed by atoms with Crippen molar-refractivity contribution < 1.29 is 14.3 Å². The number of aromatic nitrogens is 3. The molecule has 2 heterocycles. The number of fused-ring (bicyclic) bond motifs is 1. The molecule has 0 fully saturated rings. The molecular weight excluding hydrogens is 332 g/mol. The number of nitrogens with one attached hydrogen (secondary N) is 1. The molecule has 7 nitrogen and oxygen atoms in total. The lowest BCUT2D eigenvalue weighted by Gasteiger charge is -2.38. The molecule has 134 valence electrons. The molecule has 2 aliphatic rings. The van der Waals surface area contributed by atoms with Crippen LogP contribution in [0.4, 0.5) is 5.95 Å². The van der Waals surface area contributed by atoms with Gasteiger partial charge in [0.25, 0.3) is 0 Å². The number of ether oxygens (including phenoxy) is 1. The number of rotatable bonds is 2. The number of hydrogen-bond donors (Lipinski definition) is 1. The summed E-state index contributed by atoms with van der Waals surface area (Å²) in [5.74, 6) is 0.349. The molecule has 0 spiro atoms. The van der Waals surface area contributed by atoms with Gasteiger partial charge in [0.15, 0.2) is 5.78 Å². The molecule has 2 aromatic rings. The molecule has 1 aromatic heterocycles. The van der Waals surface area contributed by atoms with Gasteiger partial charge in [0.05, 0.1) is 12.7 Å². The van der Waals surface area contributed by atoms with Crippen molar-refractivity contribution in [2.75, 3.05) is 12.4 Å². The number of nitrogens with zero attached hydrogens (tertiary/aromatic N) is 3. The Morgan fingerprint density at radius 1 is 1.27 bits per heavy atom. The van der Waals surface area contributed by atoms with Gasteiger partial charge in [0.1, 0.15) is 12.4 Å². The Balaban J connectivity index is 1.82. The van der Waals surface area contributed by atoms with E-state index in [4.69, 9.17) is 4.74 Å². The minimum atomic E-state index is -0.390. The van der Waals surface area contributed by atoms with Gasteiger partial charge in [-0.1, -0.05) is 26.0 Å². The summed E-state index contributed by atoms with van der Waals surface area (Å²) in [4.78, 5) is 28.9. The number of benzene rings is 1. The van der Waals surface area contributed by atoms with Gasteiger partial charge in [-0.15, -0.1) is 0 Å². The molecule has 1 aromatic carbocycles. The van der Waals surface area contributed by atoms with Crippen LogP contribution < -0.4 is 5.32 Å². The Kier molecular flexibility index (Phi) is 3.68. The summed E-state index contributed by atoms with van der Waals surface area (Å²) in [7, 11) is 1.35. The molecule has 1 unspecified atom stereocenters. The third kappa shape index (κ3) is 2.60.